The second kappa shape index (κ2) is 4.27. The van der Waals surface area contributed by atoms with Crippen LogP contribution < -0.4 is 4.90 Å². The predicted octanol–water partition coefficient (Wildman–Crippen LogP) is 3.17. The highest BCUT2D eigenvalue weighted by Gasteiger charge is 2.26. The molecular weight excluding hydrogens is 222 g/mol. The van der Waals surface area contributed by atoms with Gasteiger partial charge in [0.2, 0.25) is 0 Å². The van der Waals surface area contributed by atoms with Gasteiger partial charge in [0.1, 0.15) is 0 Å². The van der Waals surface area contributed by atoms with Crippen LogP contribution in [0.3, 0.4) is 0 Å². The van der Waals surface area contributed by atoms with Crippen LogP contribution in [0.4, 0.5) is 5.69 Å². The van der Waals surface area contributed by atoms with E-state index in [2.05, 4.69) is 4.90 Å². The summed E-state index contributed by atoms with van der Waals surface area (Å²) in [7, 11) is 0. The molecule has 16 heavy (non-hydrogen) atoms. The Labute approximate surface area is 102 Å². The molecule has 0 amide bonds. The Kier molecular flexibility index (Phi) is 3.13. The zero-order chi connectivity index (χ0) is 11.8. The molecule has 0 atom stereocenters. The van der Waals surface area contributed by atoms with Crippen molar-refractivity contribution in [3.63, 3.8) is 0 Å². The molecule has 0 spiro atoms. The Morgan fingerprint density at radius 3 is 2.44 bits per heavy atom. The van der Waals surface area contributed by atoms with Crippen molar-refractivity contribution in [1.82, 2.24) is 0 Å². The highest BCUT2D eigenvalue weighted by atomic mass is 35.5. The fraction of sp³-hybridized carbons (Fsp3) is 0.538. The molecule has 0 bridgehead atoms. The molecule has 1 aliphatic heterocycles. The van der Waals surface area contributed by atoms with Gasteiger partial charge in [0, 0.05) is 29.4 Å². The summed E-state index contributed by atoms with van der Waals surface area (Å²) >= 11 is 6.21. The Bertz CT molecular complexity index is 378. The number of anilines is 1. The topological polar surface area (TPSA) is 23.5 Å². The van der Waals surface area contributed by atoms with E-state index in [0.29, 0.717) is 5.02 Å². The van der Waals surface area contributed by atoms with Crippen LogP contribution in [0.2, 0.25) is 5.02 Å². The molecule has 0 radical (unpaired) electrons. The minimum absolute atomic E-state index is 0.650. The Morgan fingerprint density at radius 1 is 1.25 bits per heavy atom. The highest BCUT2D eigenvalue weighted by Crippen LogP contribution is 2.37. The van der Waals surface area contributed by atoms with E-state index in [1.54, 1.807) is 13.8 Å². The van der Waals surface area contributed by atoms with Crippen molar-refractivity contribution in [1.29, 1.82) is 0 Å². The summed E-state index contributed by atoms with van der Waals surface area (Å²) in [5, 5.41) is 10.8. The van der Waals surface area contributed by atoms with Gasteiger partial charge < -0.3 is 10.0 Å². The van der Waals surface area contributed by atoms with E-state index in [1.165, 1.54) is 12.8 Å². The van der Waals surface area contributed by atoms with Crippen molar-refractivity contribution in [2.45, 2.75) is 32.3 Å². The standard InChI is InChI=1S/C13H18ClNO/c1-13(2,16)12-10(14)6-5-7-11(12)15-8-3-4-9-15/h5-7,16H,3-4,8-9H2,1-2H3. The van der Waals surface area contributed by atoms with Crippen molar-refractivity contribution in [2.24, 2.45) is 0 Å². The third-order valence-corrected chi connectivity index (χ3v) is 3.37. The van der Waals surface area contributed by atoms with Gasteiger partial charge in [-0.05, 0) is 38.8 Å². The van der Waals surface area contributed by atoms with Crippen molar-refractivity contribution >= 4 is 17.3 Å². The lowest BCUT2D eigenvalue weighted by atomic mass is 9.96. The van der Waals surface area contributed by atoms with E-state index < -0.39 is 5.60 Å². The quantitative estimate of drug-likeness (QED) is 0.857. The van der Waals surface area contributed by atoms with Crippen LogP contribution in [-0.2, 0) is 5.60 Å². The second-order valence-corrected chi connectivity index (χ2v) is 5.29. The molecule has 1 aromatic rings. The first kappa shape index (κ1) is 11.7. The molecule has 1 saturated heterocycles. The maximum absolute atomic E-state index is 10.2. The molecule has 1 aliphatic rings. The van der Waals surface area contributed by atoms with Gasteiger partial charge in [0.25, 0.3) is 0 Å². The van der Waals surface area contributed by atoms with Gasteiger partial charge in [-0.15, -0.1) is 0 Å². The first-order chi connectivity index (χ1) is 7.50. The molecule has 1 heterocycles. The average molecular weight is 240 g/mol. The number of aliphatic hydroxyl groups is 1. The minimum atomic E-state index is -0.893. The van der Waals surface area contributed by atoms with E-state index >= 15 is 0 Å². The summed E-state index contributed by atoms with van der Waals surface area (Å²) in [5.41, 5.74) is 1.03. The van der Waals surface area contributed by atoms with Gasteiger partial charge in [-0.3, -0.25) is 0 Å². The number of nitrogens with zero attached hydrogens (tertiary/aromatic N) is 1. The lowest BCUT2D eigenvalue weighted by Gasteiger charge is -2.28. The first-order valence-corrected chi connectivity index (χ1v) is 6.14. The smallest absolute Gasteiger partial charge is 0.0875 e. The number of hydrogen-bond donors (Lipinski definition) is 1. The number of halogens is 1. The third-order valence-electron chi connectivity index (χ3n) is 3.05. The van der Waals surface area contributed by atoms with Crippen LogP contribution in [0.25, 0.3) is 0 Å². The first-order valence-electron chi connectivity index (χ1n) is 5.76. The maximum atomic E-state index is 10.2. The van der Waals surface area contributed by atoms with E-state index in [0.717, 1.165) is 24.3 Å². The Morgan fingerprint density at radius 2 is 1.88 bits per heavy atom. The van der Waals surface area contributed by atoms with Gasteiger partial charge in [-0.25, -0.2) is 0 Å². The SMILES string of the molecule is CC(C)(O)c1c(Cl)cccc1N1CCCC1. The molecule has 3 heteroatoms. The average Bonchev–Trinajstić information content (AvgIpc) is 2.67. The van der Waals surface area contributed by atoms with Crippen LogP contribution in [0.5, 0.6) is 0 Å². The normalized spacial score (nSPS) is 16.9. The minimum Gasteiger partial charge on any atom is -0.386 e. The second-order valence-electron chi connectivity index (χ2n) is 4.89. The lowest BCUT2D eigenvalue weighted by Crippen LogP contribution is -2.25. The summed E-state index contributed by atoms with van der Waals surface area (Å²) in [6.07, 6.45) is 2.44. The predicted molar refractivity (Wildman–Crippen MR) is 68.1 cm³/mol. The summed E-state index contributed by atoms with van der Waals surface area (Å²) in [6.45, 7) is 5.69. The van der Waals surface area contributed by atoms with Crippen LogP contribution >= 0.6 is 11.6 Å². The van der Waals surface area contributed by atoms with Crippen molar-refractivity contribution in [3.05, 3.63) is 28.8 Å². The molecule has 1 aromatic carbocycles. The molecule has 0 unspecified atom stereocenters. The summed E-state index contributed by atoms with van der Waals surface area (Å²) < 4.78 is 0. The highest BCUT2D eigenvalue weighted by molar-refractivity contribution is 6.31. The number of benzene rings is 1. The Hall–Kier alpha value is -0.730. The van der Waals surface area contributed by atoms with Crippen molar-refractivity contribution in [3.8, 4) is 0 Å². The van der Waals surface area contributed by atoms with E-state index in [1.807, 2.05) is 18.2 Å². The zero-order valence-corrected chi connectivity index (χ0v) is 10.6. The van der Waals surface area contributed by atoms with Gasteiger partial charge in [-0.1, -0.05) is 17.7 Å². The molecule has 1 N–H and O–H groups in total. The molecule has 2 rings (SSSR count). The molecule has 0 saturated carbocycles. The zero-order valence-electron chi connectivity index (χ0n) is 9.83. The largest absolute Gasteiger partial charge is 0.386 e. The van der Waals surface area contributed by atoms with Crippen LogP contribution in [0, 0.1) is 0 Å². The van der Waals surface area contributed by atoms with Crippen LogP contribution in [0.15, 0.2) is 18.2 Å². The van der Waals surface area contributed by atoms with E-state index in [4.69, 9.17) is 11.6 Å². The fourth-order valence-corrected chi connectivity index (χ4v) is 2.74. The summed E-state index contributed by atoms with van der Waals surface area (Å²) in [5.74, 6) is 0. The maximum Gasteiger partial charge on any atom is 0.0875 e. The van der Waals surface area contributed by atoms with Crippen molar-refractivity contribution < 1.29 is 5.11 Å². The van der Waals surface area contributed by atoms with E-state index in [9.17, 15) is 5.11 Å². The number of hydrogen-bond acceptors (Lipinski definition) is 2. The third kappa shape index (κ3) is 2.18. The monoisotopic (exact) mass is 239 g/mol. The molecule has 88 valence electrons. The van der Waals surface area contributed by atoms with Crippen LogP contribution in [-0.4, -0.2) is 18.2 Å². The van der Waals surface area contributed by atoms with Crippen LogP contribution in [0.1, 0.15) is 32.3 Å². The van der Waals surface area contributed by atoms with Gasteiger partial charge in [0.05, 0.1) is 5.60 Å². The van der Waals surface area contributed by atoms with Gasteiger partial charge in [0.15, 0.2) is 0 Å². The van der Waals surface area contributed by atoms with Gasteiger partial charge in [-0.2, -0.15) is 0 Å². The van der Waals surface area contributed by atoms with E-state index in [-0.39, 0.29) is 0 Å². The summed E-state index contributed by atoms with van der Waals surface area (Å²) in [4.78, 5) is 2.30. The molecule has 1 fully saturated rings. The van der Waals surface area contributed by atoms with Crippen molar-refractivity contribution in [2.75, 3.05) is 18.0 Å². The number of rotatable bonds is 2. The fourth-order valence-electron chi connectivity index (χ4n) is 2.34. The lowest BCUT2D eigenvalue weighted by molar-refractivity contribution is 0.0792. The molecule has 0 aliphatic carbocycles. The molecular formula is C13H18ClNO. The Balaban J connectivity index is 2.47. The molecule has 0 aromatic heterocycles. The summed E-state index contributed by atoms with van der Waals surface area (Å²) in [6, 6.07) is 5.84. The molecule has 2 nitrogen and oxygen atoms in total. The van der Waals surface area contributed by atoms with Gasteiger partial charge >= 0.3 is 0 Å².